The summed E-state index contributed by atoms with van der Waals surface area (Å²) < 4.78 is 25.3. The molecule has 136 valence electrons. The van der Waals surface area contributed by atoms with Gasteiger partial charge in [0.15, 0.2) is 0 Å². The molecule has 1 atom stereocenters. The third kappa shape index (κ3) is 3.48. The fraction of sp³-hybridized carbons (Fsp3) is 0.263. The molecule has 1 heterocycles. The quantitative estimate of drug-likeness (QED) is 0.825. The average molecular weight is 372 g/mol. The van der Waals surface area contributed by atoms with Gasteiger partial charge in [0.2, 0.25) is 15.9 Å². The standard InChI is InChI=1S/C19H20N2O4S/c1-14-13-26(24,25)21(18(14)22)17-10-6-9-16(11-17)19(23)20(2)12-15-7-4-3-5-8-15/h3-11,14H,12-13H2,1-2H3/t14-/m1/s1. The van der Waals surface area contributed by atoms with E-state index >= 15 is 0 Å². The monoisotopic (exact) mass is 372 g/mol. The van der Waals surface area contributed by atoms with Crippen LogP contribution in [0.25, 0.3) is 0 Å². The second-order valence-corrected chi connectivity index (χ2v) is 8.34. The van der Waals surface area contributed by atoms with Crippen molar-refractivity contribution in [2.45, 2.75) is 13.5 Å². The Labute approximate surface area is 153 Å². The van der Waals surface area contributed by atoms with E-state index in [1.54, 1.807) is 31.0 Å². The molecule has 7 heteroatoms. The van der Waals surface area contributed by atoms with Gasteiger partial charge in [-0.2, -0.15) is 0 Å². The van der Waals surface area contributed by atoms with Crippen molar-refractivity contribution in [1.29, 1.82) is 0 Å². The zero-order chi connectivity index (χ0) is 18.9. The molecule has 0 radical (unpaired) electrons. The van der Waals surface area contributed by atoms with E-state index in [2.05, 4.69) is 0 Å². The maximum absolute atomic E-state index is 12.7. The van der Waals surface area contributed by atoms with Crippen LogP contribution in [0.15, 0.2) is 54.6 Å². The predicted octanol–water partition coefficient (Wildman–Crippen LogP) is 2.27. The van der Waals surface area contributed by atoms with Gasteiger partial charge in [-0.3, -0.25) is 9.59 Å². The molecule has 0 N–H and O–H groups in total. The van der Waals surface area contributed by atoms with Crippen molar-refractivity contribution in [3.05, 3.63) is 65.7 Å². The van der Waals surface area contributed by atoms with E-state index < -0.39 is 21.8 Å². The third-order valence-corrected chi connectivity index (χ3v) is 6.17. The number of sulfonamides is 1. The molecule has 3 rings (SSSR count). The van der Waals surface area contributed by atoms with E-state index in [0.717, 1.165) is 9.87 Å². The van der Waals surface area contributed by atoms with Crippen molar-refractivity contribution in [1.82, 2.24) is 4.90 Å². The highest BCUT2D eigenvalue weighted by molar-refractivity contribution is 7.94. The van der Waals surface area contributed by atoms with Gasteiger partial charge in [-0.1, -0.05) is 43.3 Å². The first-order valence-corrected chi connectivity index (χ1v) is 9.87. The zero-order valence-electron chi connectivity index (χ0n) is 14.6. The molecule has 2 aromatic rings. The molecular weight excluding hydrogens is 352 g/mol. The van der Waals surface area contributed by atoms with Crippen molar-refractivity contribution >= 4 is 27.5 Å². The number of carbonyl (C=O) groups excluding carboxylic acids is 2. The molecule has 1 saturated heterocycles. The molecule has 6 nitrogen and oxygen atoms in total. The SMILES string of the molecule is C[C@@H]1CS(=O)(=O)N(c2cccc(C(=O)N(C)Cc3ccccc3)c2)C1=O. The molecule has 0 aliphatic carbocycles. The van der Waals surface area contributed by atoms with Crippen LogP contribution in [-0.2, 0) is 21.4 Å². The fourth-order valence-electron chi connectivity index (χ4n) is 3.00. The fourth-order valence-corrected chi connectivity index (χ4v) is 4.81. The van der Waals surface area contributed by atoms with Crippen LogP contribution < -0.4 is 4.31 Å². The van der Waals surface area contributed by atoms with Crippen LogP contribution >= 0.6 is 0 Å². The molecular formula is C19H20N2O4S. The molecule has 0 aromatic heterocycles. The van der Waals surface area contributed by atoms with Crippen LogP contribution in [-0.4, -0.2) is 37.9 Å². The van der Waals surface area contributed by atoms with Gasteiger partial charge in [-0.15, -0.1) is 0 Å². The average Bonchev–Trinajstić information content (AvgIpc) is 2.82. The Balaban J connectivity index is 1.85. The Kier molecular flexibility index (Phi) is 4.82. The number of benzene rings is 2. The molecule has 26 heavy (non-hydrogen) atoms. The molecule has 0 saturated carbocycles. The van der Waals surface area contributed by atoms with Gasteiger partial charge in [-0.25, -0.2) is 12.7 Å². The second-order valence-electron chi connectivity index (χ2n) is 6.48. The molecule has 0 unspecified atom stereocenters. The van der Waals surface area contributed by atoms with Crippen LogP contribution in [0.2, 0.25) is 0 Å². The van der Waals surface area contributed by atoms with Crippen molar-refractivity contribution in [2.24, 2.45) is 5.92 Å². The zero-order valence-corrected chi connectivity index (χ0v) is 15.4. The summed E-state index contributed by atoms with van der Waals surface area (Å²) in [6, 6.07) is 15.8. The summed E-state index contributed by atoms with van der Waals surface area (Å²) in [5.41, 5.74) is 1.53. The topological polar surface area (TPSA) is 74.8 Å². The predicted molar refractivity (Wildman–Crippen MR) is 99.1 cm³/mol. The maximum Gasteiger partial charge on any atom is 0.253 e. The number of carbonyl (C=O) groups is 2. The van der Waals surface area contributed by atoms with Gasteiger partial charge in [0.25, 0.3) is 5.91 Å². The summed E-state index contributed by atoms with van der Waals surface area (Å²) in [5, 5.41) is 0. The van der Waals surface area contributed by atoms with E-state index in [-0.39, 0.29) is 17.3 Å². The van der Waals surface area contributed by atoms with Crippen molar-refractivity contribution in [3.63, 3.8) is 0 Å². The van der Waals surface area contributed by atoms with Crippen LogP contribution in [0.4, 0.5) is 5.69 Å². The largest absolute Gasteiger partial charge is 0.337 e. The van der Waals surface area contributed by atoms with E-state index in [1.165, 1.54) is 12.1 Å². The van der Waals surface area contributed by atoms with Crippen molar-refractivity contribution in [3.8, 4) is 0 Å². The number of hydrogen-bond acceptors (Lipinski definition) is 4. The van der Waals surface area contributed by atoms with E-state index in [4.69, 9.17) is 0 Å². The van der Waals surface area contributed by atoms with Crippen LogP contribution in [0.1, 0.15) is 22.8 Å². The smallest absolute Gasteiger partial charge is 0.253 e. The number of rotatable bonds is 4. The minimum absolute atomic E-state index is 0.207. The number of hydrogen-bond donors (Lipinski definition) is 0. The first-order valence-electron chi connectivity index (χ1n) is 8.26. The number of anilines is 1. The lowest BCUT2D eigenvalue weighted by molar-refractivity contribution is -0.119. The second kappa shape index (κ2) is 6.92. The van der Waals surface area contributed by atoms with Crippen LogP contribution in [0, 0.1) is 5.92 Å². The third-order valence-electron chi connectivity index (χ3n) is 4.30. The van der Waals surface area contributed by atoms with Crippen LogP contribution in [0.5, 0.6) is 0 Å². The molecule has 1 fully saturated rings. The van der Waals surface area contributed by atoms with Crippen LogP contribution in [0.3, 0.4) is 0 Å². The summed E-state index contributed by atoms with van der Waals surface area (Å²) in [7, 11) is -2.01. The molecule has 0 spiro atoms. The summed E-state index contributed by atoms with van der Waals surface area (Å²) in [5.74, 6) is -1.50. The highest BCUT2D eigenvalue weighted by Gasteiger charge is 2.42. The minimum Gasteiger partial charge on any atom is -0.337 e. The normalized spacial score (nSPS) is 18.8. The Morgan fingerprint density at radius 3 is 2.46 bits per heavy atom. The highest BCUT2D eigenvalue weighted by atomic mass is 32.2. The summed E-state index contributed by atoms with van der Waals surface area (Å²) in [6.07, 6.45) is 0. The molecule has 2 aromatic carbocycles. The van der Waals surface area contributed by atoms with E-state index in [0.29, 0.717) is 12.1 Å². The molecule has 0 bridgehead atoms. The Morgan fingerprint density at radius 1 is 1.15 bits per heavy atom. The number of nitrogens with zero attached hydrogens (tertiary/aromatic N) is 2. The Bertz CT molecular complexity index is 941. The highest BCUT2D eigenvalue weighted by Crippen LogP contribution is 2.29. The summed E-state index contributed by atoms with van der Waals surface area (Å²) in [4.78, 5) is 26.5. The Hall–Kier alpha value is -2.67. The van der Waals surface area contributed by atoms with Crippen molar-refractivity contribution < 1.29 is 18.0 Å². The van der Waals surface area contributed by atoms with Gasteiger partial charge < -0.3 is 4.90 Å². The molecule has 1 aliphatic heterocycles. The lowest BCUT2D eigenvalue weighted by Crippen LogP contribution is -2.31. The maximum atomic E-state index is 12.7. The first-order chi connectivity index (χ1) is 12.3. The van der Waals surface area contributed by atoms with E-state index in [9.17, 15) is 18.0 Å². The summed E-state index contributed by atoms with van der Waals surface area (Å²) in [6.45, 7) is 2.02. The van der Waals surface area contributed by atoms with Crippen molar-refractivity contribution in [2.75, 3.05) is 17.1 Å². The molecule has 1 aliphatic rings. The lowest BCUT2D eigenvalue weighted by atomic mass is 10.1. The number of amides is 2. The summed E-state index contributed by atoms with van der Waals surface area (Å²) >= 11 is 0. The minimum atomic E-state index is -3.69. The molecule has 2 amide bonds. The van der Waals surface area contributed by atoms with Gasteiger partial charge in [0, 0.05) is 19.2 Å². The lowest BCUT2D eigenvalue weighted by Gasteiger charge is -2.19. The first kappa shape index (κ1) is 18.1. The van der Waals surface area contributed by atoms with Gasteiger partial charge >= 0.3 is 0 Å². The van der Waals surface area contributed by atoms with Gasteiger partial charge in [-0.05, 0) is 23.8 Å². The Morgan fingerprint density at radius 2 is 1.85 bits per heavy atom. The van der Waals surface area contributed by atoms with Gasteiger partial charge in [0.05, 0.1) is 17.4 Å². The van der Waals surface area contributed by atoms with Gasteiger partial charge in [0.1, 0.15) is 0 Å². The van der Waals surface area contributed by atoms with E-state index in [1.807, 2.05) is 30.3 Å².